The molecule has 5 nitrogen and oxygen atoms in total. The van der Waals surface area contributed by atoms with Crippen LogP contribution in [0, 0.1) is 0 Å². The number of rotatable bonds is 6. The van der Waals surface area contributed by atoms with Gasteiger partial charge in [0.05, 0.1) is 0 Å². The molecule has 0 aromatic carbocycles. The van der Waals surface area contributed by atoms with Gasteiger partial charge in [0.1, 0.15) is 19.0 Å². The molecule has 0 bridgehead atoms. The first-order valence-electron chi connectivity index (χ1n) is 3.38. The quantitative estimate of drug-likeness (QED) is 0.248. The van der Waals surface area contributed by atoms with Gasteiger partial charge in [-0.2, -0.15) is 0 Å². The minimum Gasteiger partial charge on any atom is -0.438 e. The third kappa shape index (κ3) is 7.17. The van der Waals surface area contributed by atoms with Gasteiger partial charge in [-0.25, -0.2) is 0 Å². The van der Waals surface area contributed by atoms with Crippen molar-refractivity contribution in [1.82, 2.24) is 0 Å². The highest BCUT2D eigenvalue weighted by Crippen LogP contribution is 1.88. The van der Waals surface area contributed by atoms with Crippen LogP contribution < -0.4 is 0 Å². The molecular weight excluding hydrogens is 164 g/mol. The van der Waals surface area contributed by atoms with E-state index in [1.54, 1.807) is 0 Å². The smallest absolute Gasteiger partial charge is 0.315 e. The second-order valence-corrected chi connectivity index (χ2v) is 2.12. The molecule has 0 amide bonds. The lowest BCUT2D eigenvalue weighted by Crippen LogP contribution is -2.12. The van der Waals surface area contributed by atoms with Gasteiger partial charge in [-0.05, 0) is 6.92 Å². The normalized spacial score (nSPS) is 9.50. The van der Waals surface area contributed by atoms with Crippen LogP contribution in [-0.4, -0.2) is 32.4 Å². The van der Waals surface area contributed by atoms with Crippen molar-refractivity contribution >= 4 is 11.8 Å². The van der Waals surface area contributed by atoms with E-state index in [2.05, 4.69) is 14.2 Å². The topological polar surface area (TPSA) is 61.8 Å². The molecule has 0 heterocycles. The Morgan fingerprint density at radius 1 is 1.25 bits per heavy atom. The second-order valence-electron chi connectivity index (χ2n) is 2.12. The lowest BCUT2D eigenvalue weighted by molar-refractivity contribution is -0.166. The molecule has 0 saturated heterocycles. The molecule has 0 rings (SSSR count). The molecule has 0 aliphatic heterocycles. The summed E-state index contributed by atoms with van der Waals surface area (Å²) in [6, 6.07) is 0. The van der Waals surface area contributed by atoms with Crippen LogP contribution in [0.5, 0.6) is 0 Å². The first kappa shape index (κ1) is 11.1. The molecule has 0 radical (unpaired) electrons. The van der Waals surface area contributed by atoms with E-state index in [9.17, 15) is 9.59 Å². The van der Waals surface area contributed by atoms with Crippen LogP contribution in [0.3, 0.4) is 0 Å². The highest BCUT2D eigenvalue weighted by molar-refractivity contribution is 5.94. The van der Waals surface area contributed by atoms with Crippen molar-refractivity contribution in [3.63, 3.8) is 0 Å². The molecule has 0 saturated carbocycles. The number of hydrogen-bond donors (Lipinski definition) is 0. The number of carbonyl (C=O) groups excluding carboxylic acids is 2. The largest absolute Gasteiger partial charge is 0.438 e. The molecule has 5 heteroatoms. The Morgan fingerprint density at radius 2 is 1.92 bits per heavy atom. The van der Waals surface area contributed by atoms with Crippen molar-refractivity contribution in [3.05, 3.63) is 0 Å². The van der Waals surface area contributed by atoms with Crippen LogP contribution in [0.2, 0.25) is 0 Å². The predicted molar refractivity (Wildman–Crippen MR) is 39.2 cm³/mol. The zero-order valence-electron chi connectivity index (χ0n) is 7.16. The molecule has 0 fully saturated rings. The zero-order chi connectivity index (χ0) is 9.40. The summed E-state index contributed by atoms with van der Waals surface area (Å²) in [5.74, 6) is -0.814. The fourth-order valence-corrected chi connectivity index (χ4v) is 0.479. The van der Waals surface area contributed by atoms with Gasteiger partial charge in [0.15, 0.2) is 6.79 Å². The summed E-state index contributed by atoms with van der Waals surface area (Å²) in [6.45, 7) is 1.20. The van der Waals surface area contributed by atoms with Crippen LogP contribution in [0.25, 0.3) is 0 Å². The number of ketones is 1. The van der Waals surface area contributed by atoms with E-state index in [-0.39, 0.29) is 25.8 Å². The van der Waals surface area contributed by atoms with Crippen molar-refractivity contribution in [3.8, 4) is 0 Å². The van der Waals surface area contributed by atoms with Gasteiger partial charge in [-0.3, -0.25) is 9.59 Å². The van der Waals surface area contributed by atoms with Gasteiger partial charge >= 0.3 is 5.97 Å². The van der Waals surface area contributed by atoms with Crippen LogP contribution in [0.15, 0.2) is 0 Å². The zero-order valence-corrected chi connectivity index (χ0v) is 7.16. The van der Waals surface area contributed by atoms with Crippen LogP contribution in [0.4, 0.5) is 0 Å². The van der Waals surface area contributed by atoms with E-state index in [1.165, 1.54) is 14.0 Å². The first-order chi connectivity index (χ1) is 5.66. The van der Waals surface area contributed by atoms with Crippen molar-refractivity contribution in [1.29, 1.82) is 0 Å². The van der Waals surface area contributed by atoms with Crippen LogP contribution >= 0.6 is 0 Å². The van der Waals surface area contributed by atoms with E-state index in [0.29, 0.717) is 0 Å². The molecule has 0 unspecified atom stereocenters. The van der Waals surface area contributed by atoms with Crippen molar-refractivity contribution in [2.75, 3.05) is 20.7 Å². The number of methoxy groups -OCH3 is 1. The second kappa shape index (κ2) is 6.75. The Labute approximate surface area is 70.6 Å². The maximum atomic E-state index is 10.7. The van der Waals surface area contributed by atoms with Gasteiger partial charge in [-0.1, -0.05) is 0 Å². The Morgan fingerprint density at radius 3 is 2.42 bits per heavy atom. The maximum Gasteiger partial charge on any atom is 0.315 e. The highest BCUT2D eigenvalue weighted by atomic mass is 16.7. The summed E-state index contributed by atoms with van der Waals surface area (Å²) >= 11 is 0. The molecule has 0 aromatic heterocycles. The molecule has 0 aromatic rings. The van der Waals surface area contributed by atoms with E-state index >= 15 is 0 Å². The highest BCUT2D eigenvalue weighted by Gasteiger charge is 2.05. The lowest BCUT2D eigenvalue weighted by Gasteiger charge is -2.03. The monoisotopic (exact) mass is 176 g/mol. The molecular formula is C7H12O5. The van der Waals surface area contributed by atoms with Crippen LogP contribution in [-0.2, 0) is 23.8 Å². The Kier molecular flexibility index (Phi) is 6.22. The fraction of sp³-hybridized carbons (Fsp3) is 0.714. The Hall–Kier alpha value is -0.940. The molecule has 0 N–H and O–H groups in total. The Bertz CT molecular complexity index is 154. The maximum absolute atomic E-state index is 10.7. The Balaban J connectivity index is 3.26. The number of esters is 1. The van der Waals surface area contributed by atoms with Gasteiger partial charge in [0.25, 0.3) is 0 Å². The minimum absolute atomic E-state index is 0.0628. The molecule has 0 aliphatic rings. The van der Waals surface area contributed by atoms with Crippen molar-refractivity contribution < 1.29 is 23.8 Å². The number of carbonyl (C=O) groups is 2. The van der Waals surface area contributed by atoms with E-state index in [0.717, 1.165) is 0 Å². The van der Waals surface area contributed by atoms with E-state index in [1.807, 2.05) is 0 Å². The molecule has 70 valence electrons. The van der Waals surface area contributed by atoms with Crippen molar-refractivity contribution in [2.45, 2.75) is 13.3 Å². The van der Waals surface area contributed by atoms with Gasteiger partial charge in [-0.15, -0.1) is 0 Å². The minimum atomic E-state index is -0.585. The molecule has 0 atom stereocenters. The summed E-state index contributed by atoms with van der Waals surface area (Å²) in [7, 11) is 1.46. The number of Topliss-reactive ketones (excluding diaryl/α,β-unsaturated/α-hetero) is 1. The van der Waals surface area contributed by atoms with Gasteiger partial charge < -0.3 is 14.2 Å². The van der Waals surface area contributed by atoms with E-state index < -0.39 is 5.97 Å². The average molecular weight is 176 g/mol. The number of ether oxygens (including phenoxy) is 3. The summed E-state index contributed by atoms with van der Waals surface area (Å²) < 4.78 is 13.7. The van der Waals surface area contributed by atoms with Crippen molar-refractivity contribution in [2.24, 2.45) is 0 Å². The van der Waals surface area contributed by atoms with Gasteiger partial charge in [0, 0.05) is 7.11 Å². The molecule has 0 aliphatic carbocycles. The summed E-state index contributed by atoms with van der Waals surface area (Å²) in [4.78, 5) is 21.0. The fourth-order valence-electron chi connectivity index (χ4n) is 0.479. The lowest BCUT2D eigenvalue weighted by atomic mass is 10.3. The summed E-state index contributed by atoms with van der Waals surface area (Å²) in [5.41, 5.74) is 0. The first-order valence-corrected chi connectivity index (χ1v) is 3.38. The average Bonchev–Trinajstić information content (AvgIpc) is 1.97. The van der Waals surface area contributed by atoms with Crippen LogP contribution in [0.1, 0.15) is 13.3 Å². The SMILES string of the molecule is COCOCOC(=O)CC(C)=O. The molecule has 12 heavy (non-hydrogen) atoms. The summed E-state index contributed by atoms with van der Waals surface area (Å²) in [5, 5.41) is 0. The standard InChI is InChI=1S/C7H12O5/c1-6(8)3-7(9)12-5-11-4-10-2/h3-5H2,1-2H3. The number of hydrogen-bond acceptors (Lipinski definition) is 5. The predicted octanol–water partition coefficient (Wildman–Crippen LogP) is 0.0867. The third-order valence-corrected chi connectivity index (χ3v) is 0.898. The van der Waals surface area contributed by atoms with Gasteiger partial charge in [0.2, 0.25) is 0 Å². The molecule has 0 spiro atoms. The summed E-state index contributed by atoms with van der Waals surface area (Å²) in [6.07, 6.45) is -0.212. The van der Waals surface area contributed by atoms with E-state index in [4.69, 9.17) is 0 Å². The third-order valence-electron chi connectivity index (χ3n) is 0.898.